The van der Waals surface area contributed by atoms with Gasteiger partial charge < -0.3 is 9.31 Å². The summed E-state index contributed by atoms with van der Waals surface area (Å²) in [5.41, 5.74) is 1.01. The van der Waals surface area contributed by atoms with Gasteiger partial charge in [0.25, 0.3) is 0 Å². The Morgan fingerprint density at radius 1 is 1.29 bits per heavy atom. The molecule has 2 rings (SSSR count). The van der Waals surface area contributed by atoms with Gasteiger partial charge in [-0.1, -0.05) is 30.9 Å². The molecule has 1 aromatic rings. The monoisotopic (exact) mass is 186 g/mol. The van der Waals surface area contributed by atoms with Crippen LogP contribution < -0.4 is 9.31 Å². The van der Waals surface area contributed by atoms with E-state index in [1.54, 1.807) is 6.08 Å². The van der Waals surface area contributed by atoms with Crippen molar-refractivity contribution in [2.75, 3.05) is 0 Å². The number of fused-ring (bicyclic) bond motifs is 1. The van der Waals surface area contributed by atoms with Crippen molar-refractivity contribution in [2.45, 2.75) is 6.92 Å². The highest BCUT2D eigenvalue weighted by atomic mass is 16.6. The molecule has 0 spiro atoms. The zero-order valence-electron chi connectivity index (χ0n) is 8.07. The fourth-order valence-electron chi connectivity index (χ4n) is 1.35. The van der Waals surface area contributed by atoms with Crippen LogP contribution in [0.1, 0.15) is 6.92 Å². The summed E-state index contributed by atoms with van der Waals surface area (Å²) in [5.74, 6) is 1.60. The van der Waals surface area contributed by atoms with E-state index in [0.717, 1.165) is 17.0 Å². The van der Waals surface area contributed by atoms with Crippen molar-refractivity contribution >= 4 is 7.12 Å². The van der Waals surface area contributed by atoms with E-state index in [1.165, 1.54) is 0 Å². The van der Waals surface area contributed by atoms with E-state index in [0.29, 0.717) is 0 Å². The molecular formula is C11H11BO2. The van der Waals surface area contributed by atoms with E-state index < -0.39 is 0 Å². The molecule has 0 fully saturated rings. The number of hydrogen-bond donors (Lipinski definition) is 0. The molecule has 0 amide bonds. The lowest BCUT2D eigenvalue weighted by atomic mass is 9.79. The van der Waals surface area contributed by atoms with E-state index in [2.05, 4.69) is 6.58 Å². The standard InChI is InChI=1S/C11H11BO2/c1-3-6-9(2)12-13-10-7-4-5-8-11(10)14-12/h3-8H,1H2,2H3/b9-6+. The number of para-hydroxylation sites is 2. The van der Waals surface area contributed by atoms with Gasteiger partial charge in [-0.2, -0.15) is 0 Å². The summed E-state index contributed by atoms with van der Waals surface area (Å²) in [4.78, 5) is 0. The molecule has 14 heavy (non-hydrogen) atoms. The van der Waals surface area contributed by atoms with Crippen molar-refractivity contribution in [2.24, 2.45) is 0 Å². The van der Waals surface area contributed by atoms with Crippen molar-refractivity contribution in [3.63, 3.8) is 0 Å². The van der Waals surface area contributed by atoms with Gasteiger partial charge in [0.1, 0.15) is 11.5 Å². The van der Waals surface area contributed by atoms with Crippen LogP contribution in [0.4, 0.5) is 0 Å². The van der Waals surface area contributed by atoms with Gasteiger partial charge in [-0.3, -0.25) is 0 Å². The lowest BCUT2D eigenvalue weighted by Crippen LogP contribution is -2.26. The molecule has 0 unspecified atom stereocenters. The minimum atomic E-state index is -0.301. The summed E-state index contributed by atoms with van der Waals surface area (Å²) in [6.07, 6.45) is 3.61. The van der Waals surface area contributed by atoms with Crippen molar-refractivity contribution in [1.29, 1.82) is 0 Å². The molecule has 1 aromatic carbocycles. The maximum atomic E-state index is 5.58. The highest BCUT2D eigenvalue weighted by Gasteiger charge is 2.32. The Morgan fingerprint density at radius 2 is 1.86 bits per heavy atom. The number of allylic oxidation sites excluding steroid dienone is 3. The van der Waals surface area contributed by atoms with Gasteiger partial charge in [0, 0.05) is 0 Å². The Morgan fingerprint density at radius 3 is 2.36 bits per heavy atom. The van der Waals surface area contributed by atoms with E-state index in [4.69, 9.17) is 9.31 Å². The smallest absolute Gasteiger partial charge is 0.519 e. The molecule has 1 aliphatic rings. The minimum Gasteiger partial charge on any atom is -0.519 e. The molecule has 70 valence electrons. The van der Waals surface area contributed by atoms with Gasteiger partial charge in [0.2, 0.25) is 0 Å². The van der Waals surface area contributed by atoms with Crippen LogP contribution in [0.3, 0.4) is 0 Å². The van der Waals surface area contributed by atoms with Gasteiger partial charge >= 0.3 is 7.12 Å². The molecule has 3 heteroatoms. The average molecular weight is 186 g/mol. The molecule has 0 radical (unpaired) electrons. The summed E-state index contributed by atoms with van der Waals surface area (Å²) >= 11 is 0. The second-order valence-corrected chi connectivity index (χ2v) is 3.16. The van der Waals surface area contributed by atoms with Crippen LogP contribution in [-0.2, 0) is 0 Å². The molecule has 0 atom stereocenters. The topological polar surface area (TPSA) is 18.5 Å². The van der Waals surface area contributed by atoms with Gasteiger partial charge in [-0.15, -0.1) is 0 Å². The first-order chi connectivity index (χ1) is 6.81. The van der Waals surface area contributed by atoms with Crippen molar-refractivity contribution in [3.05, 3.63) is 48.5 Å². The van der Waals surface area contributed by atoms with Crippen LogP contribution in [0.25, 0.3) is 0 Å². The lowest BCUT2D eigenvalue weighted by Gasteiger charge is -2.03. The molecule has 1 heterocycles. The van der Waals surface area contributed by atoms with Gasteiger partial charge in [0.15, 0.2) is 0 Å². The number of hydrogen-bond acceptors (Lipinski definition) is 2. The summed E-state index contributed by atoms with van der Waals surface area (Å²) in [6.45, 7) is 5.59. The second-order valence-electron chi connectivity index (χ2n) is 3.16. The highest BCUT2D eigenvalue weighted by Crippen LogP contribution is 2.34. The Kier molecular flexibility index (Phi) is 2.31. The zero-order chi connectivity index (χ0) is 9.97. The average Bonchev–Trinajstić information content (AvgIpc) is 2.61. The summed E-state index contributed by atoms with van der Waals surface area (Å²) < 4.78 is 11.2. The van der Waals surface area contributed by atoms with Crippen LogP contribution >= 0.6 is 0 Å². The van der Waals surface area contributed by atoms with Gasteiger partial charge in [0.05, 0.1) is 0 Å². The van der Waals surface area contributed by atoms with Crippen LogP contribution in [0, 0.1) is 0 Å². The third kappa shape index (κ3) is 1.53. The minimum absolute atomic E-state index is 0.301. The van der Waals surface area contributed by atoms with Crippen molar-refractivity contribution in [3.8, 4) is 11.5 Å². The molecule has 0 N–H and O–H groups in total. The van der Waals surface area contributed by atoms with Crippen LogP contribution in [0.2, 0.25) is 0 Å². The first-order valence-corrected chi connectivity index (χ1v) is 4.53. The fourth-order valence-corrected chi connectivity index (χ4v) is 1.35. The Labute approximate surface area is 84.0 Å². The Hall–Kier alpha value is -1.64. The molecule has 0 saturated carbocycles. The summed E-state index contributed by atoms with van der Waals surface area (Å²) in [6, 6.07) is 7.65. The zero-order valence-corrected chi connectivity index (χ0v) is 8.07. The van der Waals surface area contributed by atoms with E-state index in [-0.39, 0.29) is 7.12 Å². The molecular weight excluding hydrogens is 175 g/mol. The summed E-state index contributed by atoms with van der Waals surface area (Å²) in [5, 5.41) is 0. The third-order valence-corrected chi connectivity index (χ3v) is 2.07. The lowest BCUT2D eigenvalue weighted by molar-refractivity contribution is 0.511. The Bertz CT molecular complexity index is 360. The number of benzene rings is 1. The molecule has 0 bridgehead atoms. The molecule has 0 aromatic heterocycles. The fraction of sp³-hybridized carbons (Fsp3) is 0.0909. The molecule has 1 aliphatic heterocycles. The first kappa shape index (κ1) is 8.94. The van der Waals surface area contributed by atoms with E-state index in [9.17, 15) is 0 Å². The molecule has 0 aliphatic carbocycles. The highest BCUT2D eigenvalue weighted by molar-refractivity contribution is 6.56. The van der Waals surface area contributed by atoms with Gasteiger partial charge in [-0.25, -0.2) is 0 Å². The van der Waals surface area contributed by atoms with Crippen LogP contribution in [0.5, 0.6) is 11.5 Å². The van der Waals surface area contributed by atoms with Crippen LogP contribution in [0.15, 0.2) is 48.5 Å². The van der Waals surface area contributed by atoms with Gasteiger partial charge in [-0.05, 0) is 24.5 Å². The SMILES string of the molecule is C=C/C=C(\C)B1Oc2ccccc2O1. The Balaban J connectivity index is 2.19. The number of rotatable bonds is 2. The molecule has 2 nitrogen and oxygen atoms in total. The van der Waals surface area contributed by atoms with Crippen molar-refractivity contribution in [1.82, 2.24) is 0 Å². The van der Waals surface area contributed by atoms with E-state index in [1.807, 2.05) is 37.3 Å². The second kappa shape index (κ2) is 3.62. The molecule has 0 saturated heterocycles. The maximum Gasteiger partial charge on any atom is 0.628 e. The maximum absolute atomic E-state index is 5.58. The third-order valence-electron chi connectivity index (χ3n) is 2.07. The normalized spacial score (nSPS) is 14.4. The first-order valence-electron chi connectivity index (χ1n) is 4.53. The predicted octanol–water partition coefficient (Wildman–Crippen LogP) is 2.62. The quantitative estimate of drug-likeness (QED) is 0.522. The largest absolute Gasteiger partial charge is 0.628 e. The predicted molar refractivity (Wildman–Crippen MR) is 57.4 cm³/mol. The summed E-state index contributed by atoms with van der Waals surface area (Å²) in [7, 11) is -0.301. The van der Waals surface area contributed by atoms with Crippen molar-refractivity contribution < 1.29 is 9.31 Å². The van der Waals surface area contributed by atoms with Crippen LogP contribution in [-0.4, -0.2) is 7.12 Å². The van der Waals surface area contributed by atoms with E-state index >= 15 is 0 Å².